The van der Waals surface area contributed by atoms with Crippen LogP contribution in [0.5, 0.6) is 11.5 Å². The van der Waals surface area contributed by atoms with Gasteiger partial charge in [0.1, 0.15) is 17.0 Å². The molecule has 1 atom stereocenters. The van der Waals surface area contributed by atoms with Gasteiger partial charge in [0.25, 0.3) is 0 Å². The van der Waals surface area contributed by atoms with Gasteiger partial charge in [0.15, 0.2) is 0 Å². The van der Waals surface area contributed by atoms with Crippen LogP contribution >= 0.6 is 0 Å². The molecule has 29 heavy (non-hydrogen) atoms. The topological polar surface area (TPSA) is 75.1 Å². The predicted octanol–water partition coefficient (Wildman–Crippen LogP) is 3.01. The molecule has 6 heteroatoms. The fourth-order valence-corrected chi connectivity index (χ4v) is 3.53. The van der Waals surface area contributed by atoms with Crippen LogP contribution in [0.1, 0.15) is 11.1 Å². The third-order valence-corrected chi connectivity index (χ3v) is 4.89. The van der Waals surface area contributed by atoms with E-state index in [4.69, 9.17) is 19.6 Å². The lowest BCUT2D eigenvalue weighted by Gasteiger charge is -2.22. The molecule has 154 valence electrons. The summed E-state index contributed by atoms with van der Waals surface area (Å²) in [7, 11) is 5.18. The van der Waals surface area contributed by atoms with Crippen LogP contribution in [0.4, 0.5) is 0 Å². The van der Waals surface area contributed by atoms with Crippen molar-refractivity contribution >= 4 is 10.9 Å². The molecule has 0 saturated carbocycles. The maximum absolute atomic E-state index is 9.81. The molecule has 0 aliphatic heterocycles. The fourth-order valence-electron chi connectivity index (χ4n) is 3.53. The van der Waals surface area contributed by atoms with E-state index in [2.05, 4.69) is 25.1 Å². The van der Waals surface area contributed by atoms with Crippen molar-refractivity contribution < 1.29 is 19.7 Å². The van der Waals surface area contributed by atoms with Crippen molar-refractivity contribution in [3.8, 4) is 22.8 Å². The molecule has 6 nitrogen and oxygen atoms in total. The molecule has 0 fully saturated rings. The van der Waals surface area contributed by atoms with E-state index in [0.717, 1.165) is 39.0 Å². The van der Waals surface area contributed by atoms with Gasteiger partial charge in [-0.05, 0) is 43.8 Å². The van der Waals surface area contributed by atoms with Crippen LogP contribution < -0.4 is 9.47 Å². The third kappa shape index (κ3) is 4.67. The van der Waals surface area contributed by atoms with Crippen LogP contribution in [0.15, 0.2) is 42.5 Å². The first-order chi connectivity index (χ1) is 14.0. The summed E-state index contributed by atoms with van der Waals surface area (Å²) in [5.41, 5.74) is 4.77. The first-order valence-electron chi connectivity index (χ1n) is 9.56. The molecule has 3 rings (SSSR count). The number of ether oxygens (including phenoxy) is 2. The molecular weight excluding hydrogens is 368 g/mol. The van der Waals surface area contributed by atoms with Crippen molar-refractivity contribution in [1.29, 1.82) is 0 Å². The number of aromatic nitrogens is 1. The van der Waals surface area contributed by atoms with Gasteiger partial charge in [0.2, 0.25) is 0 Å². The number of nitrogens with zero attached hydrogens (tertiary/aromatic N) is 2. The maximum Gasteiger partial charge on any atom is 0.145 e. The summed E-state index contributed by atoms with van der Waals surface area (Å²) in [6, 6.07) is 14.0. The lowest BCUT2D eigenvalue weighted by Crippen LogP contribution is -2.31. The number of methoxy groups -OCH3 is 2. The van der Waals surface area contributed by atoms with E-state index in [0.29, 0.717) is 18.8 Å². The number of aliphatic hydroxyl groups excluding tert-OH is 2. The monoisotopic (exact) mass is 396 g/mol. The number of aryl methyl sites for hydroxylation is 1. The van der Waals surface area contributed by atoms with Crippen LogP contribution in [0.2, 0.25) is 0 Å². The van der Waals surface area contributed by atoms with Gasteiger partial charge < -0.3 is 19.7 Å². The summed E-state index contributed by atoms with van der Waals surface area (Å²) in [4.78, 5) is 6.94. The minimum atomic E-state index is -0.787. The van der Waals surface area contributed by atoms with Crippen molar-refractivity contribution in [2.24, 2.45) is 0 Å². The Bertz CT molecular complexity index is 990. The fraction of sp³-hybridized carbons (Fsp3) is 0.348. The Kier molecular flexibility index (Phi) is 6.69. The Morgan fingerprint density at radius 2 is 1.79 bits per heavy atom. The highest BCUT2D eigenvalue weighted by Gasteiger charge is 2.17. The molecule has 3 aromatic rings. The first-order valence-corrected chi connectivity index (χ1v) is 9.56. The van der Waals surface area contributed by atoms with Crippen LogP contribution in [0.25, 0.3) is 22.2 Å². The molecule has 1 aromatic heterocycles. The van der Waals surface area contributed by atoms with Crippen LogP contribution in [-0.4, -0.2) is 60.6 Å². The minimum Gasteiger partial charge on any atom is -0.496 e. The zero-order valence-corrected chi connectivity index (χ0v) is 17.3. The van der Waals surface area contributed by atoms with Gasteiger partial charge in [-0.15, -0.1) is 0 Å². The highest BCUT2D eigenvalue weighted by Crippen LogP contribution is 2.36. The number of pyridine rings is 1. The number of hydrogen-bond acceptors (Lipinski definition) is 6. The van der Waals surface area contributed by atoms with E-state index in [1.165, 1.54) is 0 Å². The summed E-state index contributed by atoms with van der Waals surface area (Å²) >= 11 is 0. The van der Waals surface area contributed by atoms with Gasteiger partial charge in [0.05, 0.1) is 32.6 Å². The van der Waals surface area contributed by atoms with E-state index in [-0.39, 0.29) is 6.61 Å². The highest BCUT2D eigenvalue weighted by atomic mass is 16.5. The number of likely N-dealkylation sites (N-methyl/N-ethyl adjacent to an activating group) is 1. The lowest BCUT2D eigenvalue weighted by molar-refractivity contribution is 0.0648. The Morgan fingerprint density at radius 1 is 1.07 bits per heavy atom. The number of hydrogen-bond donors (Lipinski definition) is 2. The van der Waals surface area contributed by atoms with E-state index in [9.17, 15) is 5.11 Å². The minimum absolute atomic E-state index is 0.268. The summed E-state index contributed by atoms with van der Waals surface area (Å²) in [5.74, 6) is 1.41. The third-order valence-electron chi connectivity index (χ3n) is 4.89. The van der Waals surface area contributed by atoms with Crippen LogP contribution in [0.3, 0.4) is 0 Å². The molecule has 0 saturated heterocycles. The lowest BCUT2D eigenvalue weighted by atomic mass is 10.0. The first kappa shape index (κ1) is 21.0. The summed E-state index contributed by atoms with van der Waals surface area (Å²) in [6.07, 6.45) is -0.787. The van der Waals surface area contributed by atoms with Gasteiger partial charge in [-0.1, -0.05) is 23.8 Å². The zero-order valence-electron chi connectivity index (χ0n) is 17.3. The zero-order chi connectivity index (χ0) is 21.0. The van der Waals surface area contributed by atoms with Crippen LogP contribution in [0, 0.1) is 6.92 Å². The second-order valence-corrected chi connectivity index (χ2v) is 7.26. The van der Waals surface area contributed by atoms with Crippen molar-refractivity contribution in [2.75, 3.05) is 34.4 Å². The smallest absolute Gasteiger partial charge is 0.145 e. The van der Waals surface area contributed by atoms with E-state index >= 15 is 0 Å². The number of benzene rings is 2. The van der Waals surface area contributed by atoms with Crippen molar-refractivity contribution in [2.45, 2.75) is 19.6 Å². The Hall–Kier alpha value is -2.67. The average Bonchev–Trinajstić information content (AvgIpc) is 2.72. The molecule has 2 aromatic carbocycles. The van der Waals surface area contributed by atoms with Gasteiger partial charge in [-0.3, -0.25) is 4.90 Å². The van der Waals surface area contributed by atoms with Gasteiger partial charge in [-0.2, -0.15) is 0 Å². The number of aliphatic hydroxyl groups is 2. The van der Waals surface area contributed by atoms with Crippen molar-refractivity contribution in [1.82, 2.24) is 9.88 Å². The van der Waals surface area contributed by atoms with Gasteiger partial charge in [-0.25, -0.2) is 4.98 Å². The Morgan fingerprint density at radius 3 is 2.45 bits per heavy atom. The molecule has 0 amide bonds. The predicted molar refractivity (Wildman–Crippen MR) is 114 cm³/mol. The second kappa shape index (κ2) is 9.22. The maximum atomic E-state index is 9.81. The molecule has 0 spiro atoms. The molecule has 1 heterocycles. The number of rotatable bonds is 8. The molecule has 0 radical (unpaired) electrons. The summed E-state index contributed by atoms with van der Waals surface area (Å²) in [5, 5.41) is 19.8. The summed E-state index contributed by atoms with van der Waals surface area (Å²) < 4.78 is 11.1. The standard InChI is InChI=1S/C23H28N2O4/c1-15-6-5-7-16(10-15)22-17(12-25(2)13-18(27)14-26)11-19-20(28-3)8-9-21(29-4)23(19)24-22/h5-11,18,26-27H,12-14H2,1-4H3/t18-/m0/s1. The molecule has 0 bridgehead atoms. The van der Waals surface area contributed by atoms with E-state index in [1.54, 1.807) is 14.2 Å². The molecule has 0 unspecified atom stereocenters. The average molecular weight is 396 g/mol. The largest absolute Gasteiger partial charge is 0.496 e. The molecule has 2 N–H and O–H groups in total. The van der Waals surface area contributed by atoms with Gasteiger partial charge >= 0.3 is 0 Å². The van der Waals surface area contributed by atoms with E-state index in [1.807, 2.05) is 36.2 Å². The second-order valence-electron chi connectivity index (χ2n) is 7.26. The number of fused-ring (bicyclic) bond motifs is 1. The van der Waals surface area contributed by atoms with Gasteiger partial charge in [0, 0.05) is 24.0 Å². The SMILES string of the molecule is COc1ccc(OC)c2nc(-c3cccc(C)c3)c(CN(C)C[C@H](O)CO)cc12. The van der Waals surface area contributed by atoms with Crippen LogP contribution in [-0.2, 0) is 6.54 Å². The molecule has 0 aliphatic carbocycles. The Balaban J connectivity index is 2.18. The molecule has 0 aliphatic rings. The quantitative estimate of drug-likeness (QED) is 0.610. The Labute approximate surface area is 171 Å². The molecular formula is C23H28N2O4. The summed E-state index contributed by atoms with van der Waals surface area (Å²) in [6.45, 7) is 2.70. The van der Waals surface area contributed by atoms with Crippen molar-refractivity contribution in [3.05, 3.63) is 53.6 Å². The normalized spacial score (nSPS) is 12.4. The van der Waals surface area contributed by atoms with Crippen molar-refractivity contribution in [3.63, 3.8) is 0 Å². The highest BCUT2D eigenvalue weighted by molar-refractivity contribution is 5.92. The van der Waals surface area contributed by atoms with E-state index < -0.39 is 6.10 Å².